The minimum Gasteiger partial charge on any atom is -0.496 e. The Morgan fingerprint density at radius 2 is 2.19 bits per heavy atom. The highest BCUT2D eigenvalue weighted by Crippen LogP contribution is 2.25. The van der Waals surface area contributed by atoms with Crippen LogP contribution >= 0.6 is 15.9 Å². The molecule has 0 aliphatic carbocycles. The summed E-state index contributed by atoms with van der Waals surface area (Å²) >= 11 is 3.25. The molecule has 2 rings (SSSR count). The molecular formula is C13H12BrNO6. The SMILES string of the molecule is COc1ccc(C(=O)OCC(=O)N2CCOC2=O)cc1Br. The fourth-order valence-corrected chi connectivity index (χ4v) is 2.24. The molecule has 1 saturated heterocycles. The Kier molecular flexibility index (Phi) is 4.79. The van der Waals surface area contributed by atoms with Gasteiger partial charge in [-0.25, -0.2) is 14.5 Å². The molecule has 1 aliphatic rings. The predicted octanol–water partition coefficient (Wildman–Crippen LogP) is 1.59. The number of cyclic esters (lactones) is 1. The summed E-state index contributed by atoms with van der Waals surface area (Å²) < 4.78 is 15.1. The predicted molar refractivity (Wildman–Crippen MR) is 74.0 cm³/mol. The van der Waals surface area contributed by atoms with E-state index in [2.05, 4.69) is 20.7 Å². The van der Waals surface area contributed by atoms with Crippen LogP contribution in [0, 0.1) is 0 Å². The maximum Gasteiger partial charge on any atom is 0.416 e. The summed E-state index contributed by atoms with van der Waals surface area (Å²) in [6.07, 6.45) is -0.719. The molecule has 0 aromatic heterocycles. The Morgan fingerprint density at radius 1 is 1.43 bits per heavy atom. The summed E-state index contributed by atoms with van der Waals surface area (Å²) in [5.41, 5.74) is 0.263. The van der Waals surface area contributed by atoms with Crippen LogP contribution < -0.4 is 4.74 Å². The molecule has 1 aromatic rings. The third kappa shape index (κ3) is 3.52. The van der Waals surface area contributed by atoms with Crippen LogP contribution in [0.2, 0.25) is 0 Å². The number of hydrogen-bond donors (Lipinski definition) is 0. The molecule has 0 saturated carbocycles. The maximum absolute atomic E-state index is 11.8. The molecule has 0 spiro atoms. The van der Waals surface area contributed by atoms with Gasteiger partial charge in [0.2, 0.25) is 0 Å². The van der Waals surface area contributed by atoms with Gasteiger partial charge in [-0.15, -0.1) is 0 Å². The van der Waals surface area contributed by atoms with Crippen molar-refractivity contribution < 1.29 is 28.6 Å². The fourth-order valence-electron chi connectivity index (χ4n) is 1.70. The van der Waals surface area contributed by atoms with Crippen molar-refractivity contribution in [2.24, 2.45) is 0 Å². The highest BCUT2D eigenvalue weighted by Gasteiger charge is 2.29. The van der Waals surface area contributed by atoms with E-state index in [1.54, 1.807) is 6.07 Å². The normalized spacial score (nSPS) is 13.8. The zero-order valence-corrected chi connectivity index (χ0v) is 12.7. The number of esters is 1. The molecule has 8 heteroatoms. The number of rotatable bonds is 4. The lowest BCUT2D eigenvalue weighted by molar-refractivity contribution is -0.131. The number of benzene rings is 1. The van der Waals surface area contributed by atoms with Crippen molar-refractivity contribution in [2.45, 2.75) is 0 Å². The van der Waals surface area contributed by atoms with E-state index < -0.39 is 24.6 Å². The Balaban J connectivity index is 1.94. The first-order valence-corrected chi connectivity index (χ1v) is 6.80. The maximum atomic E-state index is 11.8. The van der Waals surface area contributed by atoms with E-state index in [4.69, 9.17) is 9.47 Å². The molecule has 112 valence electrons. The lowest BCUT2D eigenvalue weighted by atomic mass is 10.2. The second kappa shape index (κ2) is 6.57. The average Bonchev–Trinajstić information content (AvgIpc) is 2.90. The second-order valence-electron chi connectivity index (χ2n) is 4.09. The van der Waals surface area contributed by atoms with Crippen LogP contribution in [0.4, 0.5) is 4.79 Å². The Morgan fingerprint density at radius 3 is 2.76 bits per heavy atom. The van der Waals surface area contributed by atoms with Crippen molar-refractivity contribution >= 4 is 33.9 Å². The molecule has 1 heterocycles. The van der Waals surface area contributed by atoms with E-state index in [-0.39, 0.29) is 18.7 Å². The number of amides is 2. The molecule has 0 unspecified atom stereocenters. The Labute approximate surface area is 128 Å². The van der Waals surface area contributed by atoms with Gasteiger partial charge in [-0.2, -0.15) is 0 Å². The van der Waals surface area contributed by atoms with Crippen LogP contribution in [-0.4, -0.2) is 49.7 Å². The van der Waals surface area contributed by atoms with Gasteiger partial charge in [-0.05, 0) is 34.1 Å². The van der Waals surface area contributed by atoms with Crippen LogP contribution in [0.15, 0.2) is 22.7 Å². The number of hydrogen-bond acceptors (Lipinski definition) is 6. The van der Waals surface area contributed by atoms with E-state index in [0.717, 1.165) is 4.90 Å². The summed E-state index contributed by atoms with van der Waals surface area (Å²) in [6, 6.07) is 4.64. The number of carbonyl (C=O) groups is 3. The number of imide groups is 1. The zero-order chi connectivity index (χ0) is 15.4. The van der Waals surface area contributed by atoms with Gasteiger partial charge in [0.05, 0.1) is 23.7 Å². The highest BCUT2D eigenvalue weighted by molar-refractivity contribution is 9.10. The van der Waals surface area contributed by atoms with Crippen molar-refractivity contribution in [3.8, 4) is 5.75 Å². The van der Waals surface area contributed by atoms with Crippen molar-refractivity contribution in [3.05, 3.63) is 28.2 Å². The first kappa shape index (κ1) is 15.3. The number of ether oxygens (including phenoxy) is 3. The molecule has 1 fully saturated rings. The van der Waals surface area contributed by atoms with E-state index in [0.29, 0.717) is 10.2 Å². The number of halogens is 1. The number of nitrogens with zero attached hydrogens (tertiary/aromatic N) is 1. The molecule has 0 N–H and O–H groups in total. The first-order valence-electron chi connectivity index (χ1n) is 6.00. The second-order valence-corrected chi connectivity index (χ2v) is 4.94. The summed E-state index contributed by atoms with van der Waals surface area (Å²) in [7, 11) is 1.51. The smallest absolute Gasteiger partial charge is 0.416 e. The van der Waals surface area contributed by atoms with Crippen LogP contribution in [0.25, 0.3) is 0 Å². The third-order valence-corrected chi connectivity index (χ3v) is 3.40. The summed E-state index contributed by atoms with van der Waals surface area (Å²) in [5.74, 6) is -0.708. The van der Waals surface area contributed by atoms with Gasteiger partial charge in [0.15, 0.2) is 6.61 Å². The number of carbonyl (C=O) groups excluding carboxylic acids is 3. The van der Waals surface area contributed by atoms with Gasteiger partial charge in [0.1, 0.15) is 12.4 Å². The van der Waals surface area contributed by atoms with E-state index in [1.807, 2.05) is 0 Å². The Hall–Kier alpha value is -2.09. The molecule has 2 amide bonds. The Bertz CT molecular complexity index is 588. The topological polar surface area (TPSA) is 82.1 Å². The zero-order valence-electron chi connectivity index (χ0n) is 11.1. The minimum atomic E-state index is -0.719. The number of methoxy groups -OCH3 is 1. The molecule has 21 heavy (non-hydrogen) atoms. The van der Waals surface area contributed by atoms with Crippen LogP contribution in [0.3, 0.4) is 0 Å². The molecule has 1 aromatic carbocycles. The quantitative estimate of drug-likeness (QED) is 0.761. The van der Waals surface area contributed by atoms with Crippen LogP contribution in [0.5, 0.6) is 5.75 Å². The van der Waals surface area contributed by atoms with Gasteiger partial charge in [0, 0.05) is 0 Å². The molecule has 7 nitrogen and oxygen atoms in total. The van der Waals surface area contributed by atoms with Gasteiger partial charge >= 0.3 is 12.1 Å². The van der Waals surface area contributed by atoms with Crippen molar-refractivity contribution in [3.63, 3.8) is 0 Å². The van der Waals surface area contributed by atoms with Gasteiger partial charge in [-0.1, -0.05) is 0 Å². The van der Waals surface area contributed by atoms with Crippen molar-refractivity contribution in [1.82, 2.24) is 4.90 Å². The average molecular weight is 358 g/mol. The standard InChI is InChI=1S/C13H12BrNO6/c1-19-10-3-2-8(6-9(10)14)12(17)21-7-11(16)15-4-5-20-13(15)18/h2-3,6H,4-5,7H2,1H3. The van der Waals surface area contributed by atoms with E-state index in [1.165, 1.54) is 19.2 Å². The van der Waals surface area contributed by atoms with E-state index >= 15 is 0 Å². The third-order valence-electron chi connectivity index (χ3n) is 2.78. The monoisotopic (exact) mass is 357 g/mol. The summed E-state index contributed by atoms with van der Waals surface area (Å²) in [6.45, 7) is -0.190. The van der Waals surface area contributed by atoms with Gasteiger partial charge in [0.25, 0.3) is 5.91 Å². The van der Waals surface area contributed by atoms with Gasteiger partial charge in [-0.3, -0.25) is 4.79 Å². The molecule has 0 atom stereocenters. The van der Waals surface area contributed by atoms with Crippen LogP contribution in [0.1, 0.15) is 10.4 Å². The fraction of sp³-hybridized carbons (Fsp3) is 0.308. The largest absolute Gasteiger partial charge is 0.496 e. The molecule has 1 aliphatic heterocycles. The highest BCUT2D eigenvalue weighted by atomic mass is 79.9. The van der Waals surface area contributed by atoms with Crippen LogP contribution in [-0.2, 0) is 14.3 Å². The van der Waals surface area contributed by atoms with E-state index in [9.17, 15) is 14.4 Å². The lowest BCUT2D eigenvalue weighted by Crippen LogP contribution is -2.35. The molecule has 0 radical (unpaired) electrons. The first-order chi connectivity index (χ1) is 10.0. The lowest BCUT2D eigenvalue weighted by Gasteiger charge is -2.11. The van der Waals surface area contributed by atoms with Crippen molar-refractivity contribution in [1.29, 1.82) is 0 Å². The summed E-state index contributed by atoms with van der Waals surface area (Å²) in [4.78, 5) is 35.6. The molecule has 0 bridgehead atoms. The minimum absolute atomic E-state index is 0.157. The van der Waals surface area contributed by atoms with Crippen molar-refractivity contribution in [2.75, 3.05) is 26.9 Å². The molecular weight excluding hydrogens is 346 g/mol. The summed E-state index contributed by atoms with van der Waals surface area (Å²) in [5, 5.41) is 0. The van der Waals surface area contributed by atoms with Gasteiger partial charge < -0.3 is 14.2 Å².